The second-order valence-corrected chi connectivity index (χ2v) is 7.82. The van der Waals surface area contributed by atoms with Gasteiger partial charge in [-0.15, -0.1) is 0 Å². The number of nitrogens with zero attached hydrogens (tertiary/aromatic N) is 4. The van der Waals surface area contributed by atoms with E-state index < -0.39 is 0 Å². The van der Waals surface area contributed by atoms with Crippen LogP contribution in [0.2, 0.25) is 5.02 Å². The number of oxazole rings is 1. The number of benzene rings is 2. The molecule has 3 aromatic rings. The maximum absolute atomic E-state index is 9.52. The summed E-state index contributed by atoms with van der Waals surface area (Å²) in [6.07, 6.45) is 0. The Hall–Kier alpha value is -3.17. The number of halogens is 1. The number of hydrogen-bond donors (Lipinski definition) is 0. The molecule has 0 radical (unpaired) electrons. The lowest BCUT2D eigenvalue weighted by atomic mass is 10.1. The number of ether oxygens (including phenoxy) is 1. The van der Waals surface area contributed by atoms with Gasteiger partial charge in [0, 0.05) is 36.9 Å². The van der Waals surface area contributed by atoms with E-state index in [0.717, 1.165) is 48.2 Å². The minimum absolute atomic E-state index is 0.182. The van der Waals surface area contributed by atoms with Gasteiger partial charge in [-0.2, -0.15) is 10.2 Å². The first-order valence-corrected chi connectivity index (χ1v) is 10.3. The minimum Gasteiger partial charge on any atom is -0.484 e. The van der Waals surface area contributed by atoms with Crippen LogP contribution in [0.4, 0.5) is 11.6 Å². The van der Waals surface area contributed by atoms with Crippen LogP contribution in [0.1, 0.15) is 22.7 Å². The van der Waals surface area contributed by atoms with Gasteiger partial charge in [-0.05, 0) is 43.7 Å². The molecule has 0 atom stereocenters. The second kappa shape index (κ2) is 8.68. The van der Waals surface area contributed by atoms with E-state index in [-0.39, 0.29) is 6.61 Å². The van der Waals surface area contributed by atoms with Crippen molar-refractivity contribution in [3.05, 3.63) is 70.2 Å². The summed E-state index contributed by atoms with van der Waals surface area (Å²) < 4.78 is 11.8. The topological polar surface area (TPSA) is 65.5 Å². The van der Waals surface area contributed by atoms with Crippen LogP contribution in [0.25, 0.3) is 0 Å². The third-order valence-corrected chi connectivity index (χ3v) is 5.42. The van der Waals surface area contributed by atoms with E-state index in [1.54, 1.807) is 0 Å². The predicted octanol–water partition coefficient (Wildman–Crippen LogP) is 4.72. The van der Waals surface area contributed by atoms with Gasteiger partial charge in [-0.25, -0.2) is 0 Å². The third kappa shape index (κ3) is 4.37. The van der Waals surface area contributed by atoms with E-state index in [1.165, 1.54) is 5.56 Å². The molecule has 0 unspecified atom stereocenters. The number of aryl methyl sites for hydroxylation is 2. The number of nitriles is 1. The molecule has 2 heterocycles. The zero-order valence-electron chi connectivity index (χ0n) is 17.1. The summed E-state index contributed by atoms with van der Waals surface area (Å²) in [4.78, 5) is 8.66. The number of hydrogen-bond acceptors (Lipinski definition) is 6. The molecule has 0 aliphatic carbocycles. The van der Waals surface area contributed by atoms with Gasteiger partial charge in [0.15, 0.2) is 6.61 Å². The lowest BCUT2D eigenvalue weighted by Crippen LogP contribution is -2.46. The smallest absolute Gasteiger partial charge is 0.236 e. The minimum atomic E-state index is 0.182. The molecule has 0 bridgehead atoms. The monoisotopic (exact) mass is 422 g/mol. The SMILES string of the molecule is Cc1ccc(OCc2nc(C#N)c(N3CCN(c4cccc(Cl)c4)CC3)o2)c(C)c1. The summed E-state index contributed by atoms with van der Waals surface area (Å²) in [5.74, 6) is 1.70. The molecule has 1 saturated heterocycles. The molecule has 2 aromatic carbocycles. The van der Waals surface area contributed by atoms with Crippen molar-refractivity contribution in [3.63, 3.8) is 0 Å². The molecule has 6 nitrogen and oxygen atoms in total. The molecule has 154 valence electrons. The van der Waals surface area contributed by atoms with Gasteiger partial charge in [0.2, 0.25) is 17.5 Å². The van der Waals surface area contributed by atoms with E-state index in [0.29, 0.717) is 17.5 Å². The second-order valence-electron chi connectivity index (χ2n) is 7.38. The van der Waals surface area contributed by atoms with E-state index in [2.05, 4.69) is 33.0 Å². The van der Waals surface area contributed by atoms with Crippen molar-refractivity contribution >= 4 is 23.2 Å². The molecule has 1 aliphatic rings. The number of piperazine rings is 1. The molecule has 1 aliphatic heterocycles. The van der Waals surface area contributed by atoms with Crippen molar-refractivity contribution in [2.24, 2.45) is 0 Å². The van der Waals surface area contributed by atoms with E-state index in [4.69, 9.17) is 20.8 Å². The van der Waals surface area contributed by atoms with E-state index in [9.17, 15) is 5.26 Å². The Morgan fingerprint density at radius 1 is 1.10 bits per heavy atom. The summed E-state index contributed by atoms with van der Waals surface area (Å²) in [5, 5.41) is 10.2. The van der Waals surface area contributed by atoms with Crippen LogP contribution in [0.3, 0.4) is 0 Å². The molecule has 0 N–H and O–H groups in total. The lowest BCUT2D eigenvalue weighted by Gasteiger charge is -2.35. The van der Waals surface area contributed by atoms with Crippen LogP contribution < -0.4 is 14.5 Å². The fourth-order valence-electron chi connectivity index (χ4n) is 3.65. The summed E-state index contributed by atoms with van der Waals surface area (Å²) in [7, 11) is 0. The van der Waals surface area contributed by atoms with Crippen molar-refractivity contribution in [2.75, 3.05) is 36.0 Å². The van der Waals surface area contributed by atoms with Crippen LogP contribution in [0, 0.1) is 25.2 Å². The van der Waals surface area contributed by atoms with Crippen LogP contribution >= 0.6 is 11.6 Å². The van der Waals surface area contributed by atoms with Crippen LogP contribution in [0.5, 0.6) is 5.75 Å². The van der Waals surface area contributed by atoms with Crippen LogP contribution in [-0.2, 0) is 6.61 Å². The average molecular weight is 423 g/mol. The van der Waals surface area contributed by atoms with Crippen molar-refractivity contribution in [1.82, 2.24) is 4.98 Å². The van der Waals surface area contributed by atoms with Gasteiger partial charge in [0.1, 0.15) is 11.8 Å². The fraction of sp³-hybridized carbons (Fsp3) is 0.304. The molecule has 7 heteroatoms. The first-order chi connectivity index (χ1) is 14.5. The maximum atomic E-state index is 9.52. The molecule has 0 saturated carbocycles. The first-order valence-electron chi connectivity index (χ1n) is 9.89. The summed E-state index contributed by atoms with van der Waals surface area (Å²) in [5.41, 5.74) is 3.63. The van der Waals surface area contributed by atoms with E-state index in [1.807, 2.05) is 44.2 Å². The largest absolute Gasteiger partial charge is 0.484 e. The van der Waals surface area contributed by atoms with Crippen molar-refractivity contribution in [3.8, 4) is 11.8 Å². The first kappa shape index (κ1) is 20.1. The Morgan fingerprint density at radius 3 is 2.57 bits per heavy atom. The van der Waals surface area contributed by atoms with Crippen molar-refractivity contribution < 1.29 is 9.15 Å². The highest BCUT2D eigenvalue weighted by Crippen LogP contribution is 2.27. The molecule has 0 spiro atoms. The highest BCUT2D eigenvalue weighted by molar-refractivity contribution is 6.30. The Balaban J connectivity index is 1.42. The molecule has 1 fully saturated rings. The zero-order valence-corrected chi connectivity index (χ0v) is 17.8. The van der Waals surface area contributed by atoms with Gasteiger partial charge in [-0.3, -0.25) is 0 Å². The van der Waals surface area contributed by atoms with Gasteiger partial charge in [0.25, 0.3) is 0 Å². The fourth-order valence-corrected chi connectivity index (χ4v) is 3.83. The quantitative estimate of drug-likeness (QED) is 0.592. The van der Waals surface area contributed by atoms with Gasteiger partial charge < -0.3 is 19.0 Å². The normalized spacial score (nSPS) is 13.9. The Labute approximate surface area is 181 Å². The third-order valence-electron chi connectivity index (χ3n) is 5.18. The Morgan fingerprint density at radius 2 is 1.87 bits per heavy atom. The number of aromatic nitrogens is 1. The molecule has 30 heavy (non-hydrogen) atoms. The maximum Gasteiger partial charge on any atom is 0.236 e. The predicted molar refractivity (Wildman–Crippen MR) is 117 cm³/mol. The van der Waals surface area contributed by atoms with E-state index >= 15 is 0 Å². The molecule has 1 aromatic heterocycles. The van der Waals surface area contributed by atoms with Crippen molar-refractivity contribution in [2.45, 2.75) is 20.5 Å². The molecular formula is C23H23ClN4O2. The average Bonchev–Trinajstić information content (AvgIpc) is 3.16. The molecular weight excluding hydrogens is 400 g/mol. The lowest BCUT2D eigenvalue weighted by molar-refractivity contribution is 0.262. The van der Waals surface area contributed by atoms with Crippen molar-refractivity contribution in [1.29, 1.82) is 5.26 Å². The Bertz CT molecular complexity index is 1080. The van der Waals surface area contributed by atoms with Gasteiger partial charge in [0.05, 0.1) is 0 Å². The zero-order chi connectivity index (χ0) is 21.1. The standard InChI is InChI=1S/C23H23ClN4O2/c1-16-6-7-21(17(2)12-16)29-15-22-26-20(14-25)23(30-22)28-10-8-27(9-11-28)19-5-3-4-18(24)13-19/h3-7,12-13H,8-11,15H2,1-2H3. The number of anilines is 2. The summed E-state index contributed by atoms with van der Waals surface area (Å²) >= 11 is 6.11. The highest BCUT2D eigenvalue weighted by atomic mass is 35.5. The molecule has 0 amide bonds. The summed E-state index contributed by atoms with van der Waals surface area (Å²) in [6, 6.07) is 16.0. The highest BCUT2D eigenvalue weighted by Gasteiger charge is 2.24. The summed E-state index contributed by atoms with van der Waals surface area (Å²) in [6.45, 7) is 7.30. The Kier molecular flexibility index (Phi) is 5.82. The number of rotatable bonds is 5. The molecule has 4 rings (SSSR count). The van der Waals surface area contributed by atoms with Crippen LogP contribution in [0.15, 0.2) is 46.9 Å². The van der Waals surface area contributed by atoms with Crippen LogP contribution in [-0.4, -0.2) is 31.2 Å². The van der Waals surface area contributed by atoms with Gasteiger partial charge >= 0.3 is 0 Å². The van der Waals surface area contributed by atoms with Gasteiger partial charge in [-0.1, -0.05) is 35.4 Å².